The number of alkyl halides is 1. The molecule has 0 atom stereocenters. The summed E-state index contributed by atoms with van der Waals surface area (Å²) in [7, 11) is 0. The molecule has 0 N–H and O–H groups in total. The Morgan fingerprint density at radius 1 is 1.19 bits per heavy atom. The zero-order chi connectivity index (χ0) is 12.4. The minimum absolute atomic E-state index is 0.150. The number of halogens is 1. The molecule has 0 rings (SSSR count). The smallest absolute Gasteiger partial charge is 0.302 e. The van der Waals surface area contributed by atoms with Gasteiger partial charge in [-0.25, -0.2) is 0 Å². The van der Waals surface area contributed by atoms with Crippen LogP contribution in [0.3, 0.4) is 0 Å². The second-order valence-electron chi connectivity index (χ2n) is 4.62. The average molecular weight is 293 g/mol. The monoisotopic (exact) mass is 292 g/mol. The zero-order valence-electron chi connectivity index (χ0n) is 10.9. The van der Waals surface area contributed by atoms with E-state index in [0.717, 1.165) is 18.2 Å². The van der Waals surface area contributed by atoms with Crippen LogP contribution in [0.15, 0.2) is 0 Å². The van der Waals surface area contributed by atoms with Crippen molar-refractivity contribution in [1.29, 1.82) is 0 Å². The van der Waals surface area contributed by atoms with Gasteiger partial charge in [0.15, 0.2) is 0 Å². The first-order valence-electron chi connectivity index (χ1n) is 6.29. The third kappa shape index (κ3) is 6.51. The Bertz CT molecular complexity index is 184. The highest BCUT2D eigenvalue weighted by Crippen LogP contribution is 2.33. The van der Waals surface area contributed by atoms with Gasteiger partial charge in [0.2, 0.25) is 0 Å². The Labute approximate surface area is 108 Å². The molecule has 0 saturated heterocycles. The van der Waals surface area contributed by atoms with E-state index in [-0.39, 0.29) is 11.4 Å². The fourth-order valence-electron chi connectivity index (χ4n) is 1.80. The summed E-state index contributed by atoms with van der Waals surface area (Å²) < 4.78 is 5.22. The third-order valence-electron chi connectivity index (χ3n) is 2.99. The summed E-state index contributed by atoms with van der Waals surface area (Å²) in [6, 6.07) is 0. The van der Waals surface area contributed by atoms with Crippen LogP contribution in [0.4, 0.5) is 0 Å². The molecule has 0 heterocycles. The van der Waals surface area contributed by atoms with E-state index < -0.39 is 0 Å². The standard InChI is InChI=1S/C13H25BrO2/c1-4-6-8-13(10-14,9-7-5-2)11-16-12(3)15/h4-11H2,1-3H3. The van der Waals surface area contributed by atoms with E-state index in [2.05, 4.69) is 29.8 Å². The molecule has 0 aliphatic carbocycles. The van der Waals surface area contributed by atoms with Crippen molar-refractivity contribution in [3.05, 3.63) is 0 Å². The van der Waals surface area contributed by atoms with E-state index in [1.165, 1.54) is 32.6 Å². The average Bonchev–Trinajstić information content (AvgIpc) is 2.29. The van der Waals surface area contributed by atoms with Crippen LogP contribution in [-0.2, 0) is 9.53 Å². The van der Waals surface area contributed by atoms with Gasteiger partial charge in [0.1, 0.15) is 0 Å². The van der Waals surface area contributed by atoms with E-state index >= 15 is 0 Å². The van der Waals surface area contributed by atoms with Crippen molar-refractivity contribution in [3.63, 3.8) is 0 Å². The SMILES string of the molecule is CCCCC(CBr)(CCCC)COC(C)=O. The van der Waals surface area contributed by atoms with Gasteiger partial charge in [-0.05, 0) is 12.8 Å². The highest BCUT2D eigenvalue weighted by Gasteiger charge is 2.29. The summed E-state index contributed by atoms with van der Waals surface area (Å²) in [5, 5.41) is 0.924. The second-order valence-corrected chi connectivity index (χ2v) is 5.18. The molecule has 0 fully saturated rings. The molecule has 0 saturated carbocycles. The maximum atomic E-state index is 10.9. The lowest BCUT2D eigenvalue weighted by Crippen LogP contribution is -2.30. The van der Waals surface area contributed by atoms with Crippen LogP contribution in [-0.4, -0.2) is 17.9 Å². The van der Waals surface area contributed by atoms with Crippen molar-refractivity contribution in [3.8, 4) is 0 Å². The van der Waals surface area contributed by atoms with Crippen molar-refractivity contribution in [2.75, 3.05) is 11.9 Å². The minimum Gasteiger partial charge on any atom is -0.465 e. The van der Waals surface area contributed by atoms with Gasteiger partial charge in [-0.15, -0.1) is 0 Å². The molecule has 0 bridgehead atoms. The summed E-state index contributed by atoms with van der Waals surface area (Å²) in [6.07, 6.45) is 7.08. The molecule has 0 aliphatic heterocycles. The van der Waals surface area contributed by atoms with Gasteiger partial charge in [0.05, 0.1) is 6.61 Å². The maximum Gasteiger partial charge on any atom is 0.302 e. The molecule has 0 radical (unpaired) electrons. The molecule has 0 aromatic heterocycles. The molecule has 0 amide bonds. The summed E-state index contributed by atoms with van der Waals surface area (Å²) in [5.74, 6) is -0.168. The van der Waals surface area contributed by atoms with E-state index in [0.29, 0.717) is 6.61 Å². The second kappa shape index (κ2) is 9.03. The Balaban J connectivity index is 4.33. The number of hydrogen-bond acceptors (Lipinski definition) is 2. The molecule has 0 spiro atoms. The Hall–Kier alpha value is -0.0500. The maximum absolute atomic E-state index is 10.9. The summed E-state index contributed by atoms with van der Waals surface area (Å²) >= 11 is 3.59. The topological polar surface area (TPSA) is 26.3 Å². The molecule has 16 heavy (non-hydrogen) atoms. The molecule has 96 valence electrons. The molecule has 0 unspecified atom stereocenters. The van der Waals surface area contributed by atoms with Crippen molar-refractivity contribution >= 4 is 21.9 Å². The summed E-state index contributed by atoms with van der Waals surface area (Å²) in [5.41, 5.74) is 0.150. The fraction of sp³-hybridized carbons (Fsp3) is 0.923. The van der Waals surface area contributed by atoms with Gasteiger partial charge in [-0.2, -0.15) is 0 Å². The van der Waals surface area contributed by atoms with Crippen molar-refractivity contribution in [1.82, 2.24) is 0 Å². The number of hydrogen-bond donors (Lipinski definition) is 0. The van der Waals surface area contributed by atoms with Crippen molar-refractivity contribution in [2.45, 2.75) is 59.3 Å². The molecular formula is C13H25BrO2. The van der Waals surface area contributed by atoms with E-state index in [1.54, 1.807) is 0 Å². The van der Waals surface area contributed by atoms with Crippen LogP contribution in [0.25, 0.3) is 0 Å². The Morgan fingerprint density at radius 3 is 2.00 bits per heavy atom. The Kier molecular flexibility index (Phi) is 9.00. The van der Waals surface area contributed by atoms with Crippen molar-refractivity contribution in [2.24, 2.45) is 5.41 Å². The third-order valence-corrected chi connectivity index (χ3v) is 4.18. The first-order chi connectivity index (χ1) is 7.60. The predicted molar refractivity (Wildman–Crippen MR) is 71.9 cm³/mol. The molecule has 0 aliphatic rings. The number of rotatable bonds is 9. The van der Waals surface area contributed by atoms with Crippen LogP contribution >= 0.6 is 15.9 Å². The number of ether oxygens (including phenoxy) is 1. The summed E-state index contributed by atoms with van der Waals surface area (Å²) in [4.78, 5) is 10.9. The fourth-order valence-corrected chi connectivity index (χ4v) is 2.52. The number of carbonyl (C=O) groups is 1. The number of carbonyl (C=O) groups excluding carboxylic acids is 1. The van der Waals surface area contributed by atoms with Crippen LogP contribution in [0, 0.1) is 5.41 Å². The molecule has 0 aromatic rings. The largest absolute Gasteiger partial charge is 0.465 e. The van der Waals surface area contributed by atoms with Gasteiger partial charge in [0, 0.05) is 17.7 Å². The number of unbranched alkanes of at least 4 members (excludes halogenated alkanes) is 2. The van der Waals surface area contributed by atoms with Gasteiger partial charge in [0.25, 0.3) is 0 Å². The Morgan fingerprint density at radius 2 is 1.69 bits per heavy atom. The van der Waals surface area contributed by atoms with Gasteiger partial charge < -0.3 is 4.74 Å². The van der Waals surface area contributed by atoms with Crippen molar-refractivity contribution < 1.29 is 9.53 Å². The van der Waals surface area contributed by atoms with E-state index in [9.17, 15) is 4.79 Å². The minimum atomic E-state index is -0.168. The molecular weight excluding hydrogens is 268 g/mol. The first kappa shape index (κ1) is 16.0. The van der Waals surface area contributed by atoms with Crippen LogP contribution in [0.1, 0.15) is 59.3 Å². The van der Waals surface area contributed by atoms with Gasteiger partial charge in [-0.3, -0.25) is 4.79 Å². The number of esters is 1. The van der Waals surface area contributed by atoms with Gasteiger partial charge >= 0.3 is 5.97 Å². The molecule has 0 aromatic carbocycles. The highest BCUT2D eigenvalue weighted by molar-refractivity contribution is 9.09. The van der Waals surface area contributed by atoms with Gasteiger partial charge in [-0.1, -0.05) is 55.5 Å². The van der Waals surface area contributed by atoms with Crippen LogP contribution < -0.4 is 0 Å². The quantitative estimate of drug-likeness (QED) is 0.467. The summed E-state index contributed by atoms with van der Waals surface area (Å²) in [6.45, 7) is 6.45. The zero-order valence-corrected chi connectivity index (χ0v) is 12.4. The lowest BCUT2D eigenvalue weighted by molar-refractivity contribution is -0.144. The first-order valence-corrected chi connectivity index (χ1v) is 7.41. The van der Waals surface area contributed by atoms with Crippen LogP contribution in [0.5, 0.6) is 0 Å². The molecule has 2 nitrogen and oxygen atoms in total. The lowest BCUT2D eigenvalue weighted by Gasteiger charge is -2.31. The molecule has 3 heteroatoms. The van der Waals surface area contributed by atoms with Crippen LogP contribution in [0.2, 0.25) is 0 Å². The normalized spacial score (nSPS) is 11.5. The van der Waals surface area contributed by atoms with E-state index in [4.69, 9.17) is 4.74 Å². The van der Waals surface area contributed by atoms with E-state index in [1.807, 2.05) is 0 Å². The predicted octanol–water partition coefficient (Wildman–Crippen LogP) is 4.31. The highest BCUT2D eigenvalue weighted by atomic mass is 79.9. The lowest BCUT2D eigenvalue weighted by atomic mass is 9.81.